The molecule has 0 N–H and O–H groups in total. The van der Waals surface area contributed by atoms with Crippen molar-refractivity contribution in [2.75, 3.05) is 0 Å². The first kappa shape index (κ1) is 9.58. The van der Waals surface area contributed by atoms with Gasteiger partial charge in [0.25, 0.3) is 0 Å². The van der Waals surface area contributed by atoms with Gasteiger partial charge in [0.05, 0.1) is 0 Å². The summed E-state index contributed by atoms with van der Waals surface area (Å²) in [6, 6.07) is 0. The monoisotopic (exact) mass is 198 g/mol. The summed E-state index contributed by atoms with van der Waals surface area (Å²) in [5.41, 5.74) is 3.83. The fraction of sp³-hybridized carbons (Fsp3) is 0.833. The third kappa shape index (κ3) is 1.79. The number of allylic oxidation sites excluding steroid dienone is 2. The zero-order valence-corrected chi connectivity index (χ0v) is 9.45. The molecule has 0 fully saturated rings. The Balaban J connectivity index is 2.31. The molecule has 1 atom stereocenters. The molecule has 13 heavy (non-hydrogen) atoms. The molecule has 0 spiro atoms. The van der Waals surface area contributed by atoms with Gasteiger partial charge in [-0.15, -0.1) is 11.6 Å². The Morgan fingerprint density at radius 1 is 1.23 bits per heavy atom. The van der Waals surface area contributed by atoms with E-state index in [4.69, 9.17) is 11.6 Å². The molecule has 0 aromatic carbocycles. The van der Waals surface area contributed by atoms with E-state index in [0.717, 1.165) is 0 Å². The van der Waals surface area contributed by atoms with Crippen LogP contribution in [0.5, 0.6) is 0 Å². The van der Waals surface area contributed by atoms with Crippen LogP contribution in [0.15, 0.2) is 11.1 Å². The highest BCUT2D eigenvalue weighted by atomic mass is 35.5. The largest absolute Gasteiger partial charge is 0.123 e. The molecule has 0 aromatic heterocycles. The van der Waals surface area contributed by atoms with Crippen molar-refractivity contribution < 1.29 is 0 Å². The molecule has 1 unspecified atom stereocenters. The minimum atomic E-state index is 0.389. The zero-order valence-electron chi connectivity index (χ0n) is 8.70. The van der Waals surface area contributed by atoms with Crippen LogP contribution < -0.4 is 0 Å². The summed E-state index contributed by atoms with van der Waals surface area (Å²) >= 11 is 6.29. The molecule has 0 aliphatic heterocycles. The molecule has 1 heteroatoms. The van der Waals surface area contributed by atoms with Gasteiger partial charge in [-0.05, 0) is 43.9 Å². The molecule has 0 bridgehead atoms. The van der Waals surface area contributed by atoms with Gasteiger partial charge in [0.2, 0.25) is 0 Å². The van der Waals surface area contributed by atoms with Crippen molar-refractivity contribution in [1.82, 2.24) is 0 Å². The Kier molecular flexibility index (Phi) is 2.44. The summed E-state index contributed by atoms with van der Waals surface area (Å²) in [7, 11) is 0. The minimum absolute atomic E-state index is 0.389. The second kappa shape index (κ2) is 3.31. The molecule has 2 aliphatic rings. The van der Waals surface area contributed by atoms with Crippen LogP contribution in [0.1, 0.15) is 52.4 Å². The summed E-state index contributed by atoms with van der Waals surface area (Å²) in [5, 5.41) is 0.395. The van der Waals surface area contributed by atoms with E-state index in [1.165, 1.54) is 38.5 Å². The Morgan fingerprint density at radius 3 is 2.69 bits per heavy atom. The van der Waals surface area contributed by atoms with Crippen LogP contribution in [-0.4, -0.2) is 5.38 Å². The van der Waals surface area contributed by atoms with Crippen LogP contribution in [-0.2, 0) is 0 Å². The van der Waals surface area contributed by atoms with Crippen LogP contribution >= 0.6 is 11.6 Å². The van der Waals surface area contributed by atoms with Crippen molar-refractivity contribution in [3.8, 4) is 0 Å². The molecule has 0 saturated heterocycles. The molecule has 0 aromatic rings. The maximum Gasteiger partial charge on any atom is 0.0381 e. The average Bonchev–Trinajstić information content (AvgIpc) is 2.02. The fourth-order valence-electron chi connectivity index (χ4n) is 3.03. The topological polar surface area (TPSA) is 0 Å². The summed E-state index contributed by atoms with van der Waals surface area (Å²) in [4.78, 5) is 0. The van der Waals surface area contributed by atoms with Crippen LogP contribution in [0, 0.1) is 5.41 Å². The molecule has 0 saturated carbocycles. The molecule has 0 amide bonds. The quantitative estimate of drug-likeness (QED) is 0.403. The predicted molar refractivity (Wildman–Crippen MR) is 58.2 cm³/mol. The molecule has 0 nitrogen and oxygen atoms in total. The highest BCUT2D eigenvalue weighted by molar-refractivity contribution is 6.20. The Morgan fingerprint density at radius 2 is 1.92 bits per heavy atom. The van der Waals surface area contributed by atoms with Gasteiger partial charge >= 0.3 is 0 Å². The SMILES string of the molecule is CC1(C)CC(Cl)CC2=C1CCCC2. The Hall–Kier alpha value is 0.0300. The van der Waals surface area contributed by atoms with Crippen molar-refractivity contribution in [3.05, 3.63) is 11.1 Å². The third-order valence-electron chi connectivity index (χ3n) is 3.60. The minimum Gasteiger partial charge on any atom is -0.123 e. The van der Waals surface area contributed by atoms with E-state index in [2.05, 4.69) is 13.8 Å². The van der Waals surface area contributed by atoms with Crippen LogP contribution in [0.4, 0.5) is 0 Å². The number of rotatable bonds is 0. The maximum atomic E-state index is 6.29. The molecular weight excluding hydrogens is 180 g/mol. The lowest BCUT2D eigenvalue weighted by molar-refractivity contribution is 0.339. The van der Waals surface area contributed by atoms with Gasteiger partial charge in [0, 0.05) is 5.38 Å². The second-order valence-electron chi connectivity index (χ2n) is 5.18. The number of halogens is 1. The average molecular weight is 199 g/mol. The molecule has 0 heterocycles. The van der Waals surface area contributed by atoms with Crippen molar-refractivity contribution in [1.29, 1.82) is 0 Å². The first-order chi connectivity index (χ1) is 6.09. The number of alkyl halides is 1. The maximum absolute atomic E-state index is 6.29. The Labute approximate surface area is 86.4 Å². The smallest absolute Gasteiger partial charge is 0.0381 e. The first-order valence-electron chi connectivity index (χ1n) is 5.45. The summed E-state index contributed by atoms with van der Waals surface area (Å²) < 4.78 is 0. The van der Waals surface area contributed by atoms with Gasteiger partial charge in [-0.2, -0.15) is 0 Å². The lowest BCUT2D eigenvalue weighted by Gasteiger charge is -2.40. The second-order valence-corrected chi connectivity index (χ2v) is 5.80. The standard InChI is InChI=1S/C12H19Cl/c1-12(2)8-10(13)7-9-5-3-4-6-11(9)12/h10H,3-8H2,1-2H3. The first-order valence-corrected chi connectivity index (χ1v) is 5.89. The van der Waals surface area contributed by atoms with Crippen LogP contribution in [0.2, 0.25) is 0 Å². The lowest BCUT2D eigenvalue weighted by atomic mass is 9.68. The van der Waals surface area contributed by atoms with Gasteiger partial charge in [0.1, 0.15) is 0 Å². The lowest BCUT2D eigenvalue weighted by Crippen LogP contribution is -2.28. The van der Waals surface area contributed by atoms with E-state index < -0.39 is 0 Å². The normalized spacial score (nSPS) is 33.0. The van der Waals surface area contributed by atoms with Crippen molar-refractivity contribution in [3.63, 3.8) is 0 Å². The summed E-state index contributed by atoms with van der Waals surface area (Å²) in [5.74, 6) is 0. The highest BCUT2D eigenvalue weighted by Crippen LogP contribution is 2.47. The van der Waals surface area contributed by atoms with Crippen molar-refractivity contribution >= 4 is 11.6 Å². The van der Waals surface area contributed by atoms with Crippen LogP contribution in [0.25, 0.3) is 0 Å². The molecule has 2 aliphatic carbocycles. The predicted octanol–water partition coefficient (Wildman–Crippen LogP) is 4.28. The molecular formula is C12H19Cl. The van der Waals surface area contributed by atoms with E-state index in [9.17, 15) is 0 Å². The van der Waals surface area contributed by atoms with Crippen molar-refractivity contribution in [2.45, 2.75) is 57.7 Å². The van der Waals surface area contributed by atoms with E-state index in [1.54, 1.807) is 11.1 Å². The molecule has 0 radical (unpaired) electrons. The summed E-state index contributed by atoms with van der Waals surface area (Å²) in [6.45, 7) is 4.73. The number of hydrogen-bond donors (Lipinski definition) is 0. The van der Waals surface area contributed by atoms with Crippen molar-refractivity contribution in [2.24, 2.45) is 5.41 Å². The van der Waals surface area contributed by atoms with Gasteiger partial charge in [-0.1, -0.05) is 25.0 Å². The van der Waals surface area contributed by atoms with E-state index in [-0.39, 0.29) is 0 Å². The van der Waals surface area contributed by atoms with Gasteiger partial charge in [-0.25, -0.2) is 0 Å². The highest BCUT2D eigenvalue weighted by Gasteiger charge is 2.34. The third-order valence-corrected chi connectivity index (χ3v) is 3.91. The summed E-state index contributed by atoms with van der Waals surface area (Å²) in [6.07, 6.45) is 7.79. The molecule has 74 valence electrons. The van der Waals surface area contributed by atoms with E-state index >= 15 is 0 Å². The van der Waals surface area contributed by atoms with E-state index in [0.29, 0.717) is 10.8 Å². The van der Waals surface area contributed by atoms with Gasteiger partial charge < -0.3 is 0 Å². The zero-order chi connectivity index (χ0) is 9.47. The Bertz CT molecular complexity index is 238. The number of hydrogen-bond acceptors (Lipinski definition) is 0. The van der Waals surface area contributed by atoms with Crippen LogP contribution in [0.3, 0.4) is 0 Å². The van der Waals surface area contributed by atoms with E-state index in [1.807, 2.05) is 0 Å². The van der Waals surface area contributed by atoms with Gasteiger partial charge in [0.15, 0.2) is 0 Å². The molecule has 2 rings (SSSR count). The van der Waals surface area contributed by atoms with Gasteiger partial charge in [-0.3, -0.25) is 0 Å². The fourth-order valence-corrected chi connectivity index (χ4v) is 3.60.